The summed E-state index contributed by atoms with van der Waals surface area (Å²) < 4.78 is 17.7. The average Bonchev–Trinajstić information content (AvgIpc) is 2.99. The van der Waals surface area contributed by atoms with Gasteiger partial charge in [0.2, 0.25) is 5.89 Å². The number of hydrogen-bond acceptors (Lipinski definition) is 4. The lowest BCUT2D eigenvalue weighted by Crippen LogP contribution is -1.96. The van der Waals surface area contributed by atoms with Crippen LogP contribution in [0.4, 0.5) is 0 Å². The molecule has 0 spiro atoms. The van der Waals surface area contributed by atoms with Crippen LogP contribution in [-0.4, -0.2) is 14.4 Å². The molecule has 0 unspecified atom stereocenters. The highest BCUT2D eigenvalue weighted by atomic mass is 32.2. The molecule has 3 rings (SSSR count). The van der Waals surface area contributed by atoms with Crippen molar-refractivity contribution in [1.82, 2.24) is 10.2 Å². The predicted molar refractivity (Wildman–Crippen MR) is 76.3 cm³/mol. The number of benzene rings is 2. The molecule has 5 heteroatoms. The Labute approximate surface area is 118 Å². The Kier molecular flexibility index (Phi) is 3.69. The van der Waals surface area contributed by atoms with Crippen molar-refractivity contribution in [2.24, 2.45) is 0 Å². The second kappa shape index (κ2) is 5.79. The maximum atomic E-state index is 12.2. The Morgan fingerprint density at radius 2 is 1.55 bits per heavy atom. The molecular formula is C15H12N2O2S. The molecule has 2 aromatic carbocycles. The van der Waals surface area contributed by atoms with E-state index < -0.39 is 10.8 Å². The molecule has 0 saturated heterocycles. The SMILES string of the molecule is O=[S@@](Cc1ccccc1)c1nnc(-c2ccccc2)o1. The van der Waals surface area contributed by atoms with E-state index >= 15 is 0 Å². The van der Waals surface area contributed by atoms with Gasteiger partial charge in [-0.1, -0.05) is 53.6 Å². The van der Waals surface area contributed by atoms with E-state index in [0.29, 0.717) is 11.6 Å². The van der Waals surface area contributed by atoms with E-state index in [1.165, 1.54) is 0 Å². The maximum Gasteiger partial charge on any atom is 0.308 e. The highest BCUT2D eigenvalue weighted by Gasteiger charge is 2.14. The fourth-order valence-corrected chi connectivity index (χ4v) is 2.71. The maximum absolute atomic E-state index is 12.2. The smallest absolute Gasteiger partial charge is 0.308 e. The fourth-order valence-electron chi connectivity index (χ4n) is 1.79. The van der Waals surface area contributed by atoms with Crippen molar-refractivity contribution in [2.75, 3.05) is 0 Å². The van der Waals surface area contributed by atoms with E-state index in [9.17, 15) is 4.21 Å². The zero-order chi connectivity index (χ0) is 13.8. The standard InChI is InChI=1S/C15H12N2O2S/c18-20(11-12-7-3-1-4-8-12)15-17-16-14(19-15)13-9-5-2-6-10-13/h1-10H,11H2/t20-/m0/s1. The molecule has 0 amide bonds. The molecule has 1 aromatic heterocycles. The first-order valence-corrected chi connectivity index (χ1v) is 7.46. The first-order chi connectivity index (χ1) is 9.83. The van der Waals surface area contributed by atoms with Crippen molar-refractivity contribution >= 4 is 10.8 Å². The molecule has 3 aromatic rings. The Morgan fingerprint density at radius 3 is 2.25 bits per heavy atom. The van der Waals surface area contributed by atoms with Crippen molar-refractivity contribution in [1.29, 1.82) is 0 Å². The Morgan fingerprint density at radius 1 is 0.900 bits per heavy atom. The lowest BCUT2D eigenvalue weighted by Gasteiger charge is -1.97. The van der Waals surface area contributed by atoms with Crippen molar-refractivity contribution in [3.63, 3.8) is 0 Å². The summed E-state index contributed by atoms with van der Waals surface area (Å²) in [6.07, 6.45) is 0. The van der Waals surface area contributed by atoms with Gasteiger partial charge in [0.1, 0.15) is 10.8 Å². The predicted octanol–water partition coefficient (Wildman–Crippen LogP) is 3.04. The summed E-state index contributed by atoms with van der Waals surface area (Å²) in [5.74, 6) is 0.763. The van der Waals surface area contributed by atoms with Crippen LogP contribution in [0, 0.1) is 0 Å². The van der Waals surface area contributed by atoms with Crippen LogP contribution in [-0.2, 0) is 16.6 Å². The van der Waals surface area contributed by atoms with Gasteiger partial charge < -0.3 is 4.42 Å². The van der Waals surface area contributed by atoms with Crippen molar-refractivity contribution < 1.29 is 8.63 Å². The summed E-state index contributed by atoms with van der Waals surface area (Å²) >= 11 is 0. The van der Waals surface area contributed by atoms with E-state index in [1.54, 1.807) is 0 Å². The van der Waals surface area contributed by atoms with Crippen molar-refractivity contribution in [2.45, 2.75) is 11.0 Å². The highest BCUT2D eigenvalue weighted by Crippen LogP contribution is 2.19. The van der Waals surface area contributed by atoms with E-state index in [2.05, 4.69) is 10.2 Å². The molecule has 0 saturated carbocycles. The molecule has 0 aliphatic rings. The van der Waals surface area contributed by atoms with Crippen LogP contribution in [0.15, 0.2) is 70.3 Å². The Bertz CT molecular complexity index is 711. The van der Waals surface area contributed by atoms with E-state index in [4.69, 9.17) is 4.42 Å². The molecule has 0 aliphatic carbocycles. The molecule has 20 heavy (non-hydrogen) atoms. The zero-order valence-corrected chi connectivity index (χ0v) is 11.4. The molecule has 0 N–H and O–H groups in total. The summed E-state index contributed by atoms with van der Waals surface area (Å²) in [5.41, 5.74) is 1.80. The fraction of sp³-hybridized carbons (Fsp3) is 0.0667. The topological polar surface area (TPSA) is 56.0 Å². The van der Waals surface area contributed by atoms with E-state index in [0.717, 1.165) is 11.1 Å². The largest absolute Gasteiger partial charge is 0.410 e. The minimum absolute atomic E-state index is 0.160. The van der Waals surface area contributed by atoms with Gasteiger partial charge >= 0.3 is 5.22 Å². The first-order valence-electron chi connectivity index (χ1n) is 6.14. The van der Waals surface area contributed by atoms with Gasteiger partial charge in [0.15, 0.2) is 0 Å². The molecule has 1 atom stereocenters. The minimum atomic E-state index is -1.33. The molecule has 0 bridgehead atoms. The average molecular weight is 284 g/mol. The third-order valence-corrected chi connectivity index (χ3v) is 3.91. The molecule has 0 radical (unpaired) electrons. The van der Waals surface area contributed by atoms with Crippen LogP contribution in [0.2, 0.25) is 0 Å². The quantitative estimate of drug-likeness (QED) is 0.739. The third kappa shape index (κ3) is 2.83. The molecule has 0 fully saturated rings. The van der Waals surface area contributed by atoms with Crippen LogP contribution in [0.25, 0.3) is 11.5 Å². The van der Waals surface area contributed by atoms with Gasteiger partial charge in [-0.25, -0.2) is 4.21 Å². The van der Waals surface area contributed by atoms with E-state index in [-0.39, 0.29) is 5.22 Å². The van der Waals surface area contributed by atoms with Crippen LogP contribution in [0.5, 0.6) is 0 Å². The molecular weight excluding hydrogens is 272 g/mol. The second-order valence-electron chi connectivity index (χ2n) is 4.21. The van der Waals surface area contributed by atoms with Gasteiger partial charge in [-0.05, 0) is 17.7 Å². The van der Waals surface area contributed by atoms with Gasteiger partial charge in [0, 0.05) is 5.56 Å². The summed E-state index contributed by atoms with van der Waals surface area (Å²) in [6, 6.07) is 19.0. The van der Waals surface area contributed by atoms with Crippen molar-refractivity contribution in [3.05, 3.63) is 66.2 Å². The normalized spacial score (nSPS) is 12.2. The number of rotatable bonds is 4. The molecule has 4 nitrogen and oxygen atoms in total. The lowest BCUT2D eigenvalue weighted by atomic mass is 10.2. The van der Waals surface area contributed by atoms with Crippen LogP contribution in [0.3, 0.4) is 0 Å². The Balaban J connectivity index is 1.79. The van der Waals surface area contributed by atoms with Gasteiger partial charge in [0.25, 0.3) is 0 Å². The van der Waals surface area contributed by atoms with Crippen LogP contribution in [0.1, 0.15) is 5.56 Å². The second-order valence-corrected chi connectivity index (χ2v) is 5.54. The van der Waals surface area contributed by atoms with Crippen LogP contribution < -0.4 is 0 Å². The molecule has 100 valence electrons. The lowest BCUT2D eigenvalue weighted by molar-refractivity contribution is 0.455. The van der Waals surface area contributed by atoms with Crippen molar-refractivity contribution in [3.8, 4) is 11.5 Å². The van der Waals surface area contributed by atoms with Crippen LogP contribution >= 0.6 is 0 Å². The number of hydrogen-bond donors (Lipinski definition) is 0. The summed E-state index contributed by atoms with van der Waals surface area (Å²) in [6.45, 7) is 0. The van der Waals surface area contributed by atoms with Gasteiger partial charge in [0.05, 0.1) is 5.75 Å². The summed E-state index contributed by atoms with van der Waals surface area (Å²) in [7, 11) is -1.33. The zero-order valence-electron chi connectivity index (χ0n) is 10.6. The van der Waals surface area contributed by atoms with Gasteiger partial charge in [-0.15, -0.1) is 5.10 Å². The van der Waals surface area contributed by atoms with Gasteiger partial charge in [-0.2, -0.15) is 0 Å². The van der Waals surface area contributed by atoms with Gasteiger partial charge in [-0.3, -0.25) is 0 Å². The number of aromatic nitrogens is 2. The molecule has 1 heterocycles. The monoisotopic (exact) mass is 284 g/mol. The highest BCUT2D eigenvalue weighted by molar-refractivity contribution is 7.84. The van der Waals surface area contributed by atoms with E-state index in [1.807, 2.05) is 60.7 Å². The first kappa shape index (κ1) is 12.7. The molecule has 0 aliphatic heterocycles. The summed E-state index contributed by atoms with van der Waals surface area (Å²) in [5, 5.41) is 7.97. The number of nitrogens with zero attached hydrogens (tertiary/aromatic N) is 2. The third-order valence-electron chi connectivity index (χ3n) is 2.76. The Hall–Kier alpha value is -2.27. The summed E-state index contributed by atoms with van der Waals surface area (Å²) in [4.78, 5) is 0. The minimum Gasteiger partial charge on any atom is -0.410 e.